The summed E-state index contributed by atoms with van der Waals surface area (Å²) < 4.78 is 13.1. The summed E-state index contributed by atoms with van der Waals surface area (Å²) in [4.78, 5) is 12.6. The smallest absolute Gasteiger partial charge is 0.314 e. The predicted octanol–water partition coefficient (Wildman–Crippen LogP) is 3.09. The maximum atomic E-state index is 13.1. The third kappa shape index (κ3) is 3.42. The number of carbonyl (C=O) groups excluding carboxylic acids is 1. The van der Waals surface area contributed by atoms with Crippen LogP contribution in [0, 0.1) is 5.82 Å². The molecule has 0 unspecified atom stereocenters. The lowest BCUT2D eigenvalue weighted by molar-refractivity contribution is 0.193. The van der Waals surface area contributed by atoms with Crippen molar-refractivity contribution in [3.63, 3.8) is 0 Å². The van der Waals surface area contributed by atoms with E-state index >= 15 is 0 Å². The molecule has 1 aliphatic heterocycles. The van der Waals surface area contributed by atoms with E-state index in [1.54, 1.807) is 4.90 Å². The molecule has 104 valence electrons. The first-order chi connectivity index (χ1) is 8.97. The van der Waals surface area contributed by atoms with Gasteiger partial charge in [-0.3, -0.25) is 0 Å². The van der Waals surface area contributed by atoms with E-state index in [9.17, 15) is 9.18 Å². The van der Waals surface area contributed by atoms with Gasteiger partial charge >= 0.3 is 6.03 Å². The second-order valence-electron chi connectivity index (χ2n) is 4.49. The molecule has 2 amide bonds. The van der Waals surface area contributed by atoms with Crippen LogP contribution in [0.2, 0.25) is 10.0 Å². The molecule has 4 nitrogen and oxygen atoms in total. The van der Waals surface area contributed by atoms with Crippen molar-refractivity contribution < 1.29 is 9.18 Å². The van der Waals surface area contributed by atoms with Crippen molar-refractivity contribution in [2.24, 2.45) is 5.73 Å². The van der Waals surface area contributed by atoms with Gasteiger partial charge in [-0.1, -0.05) is 23.2 Å². The number of likely N-dealkylation sites (tertiary alicyclic amines) is 1. The van der Waals surface area contributed by atoms with Crippen molar-refractivity contribution in [3.05, 3.63) is 28.0 Å². The molecule has 19 heavy (non-hydrogen) atoms. The first kappa shape index (κ1) is 14.2. The maximum absolute atomic E-state index is 13.1. The Balaban J connectivity index is 2.02. The number of piperidine rings is 1. The normalized spacial score (nSPS) is 16.5. The Hall–Kier alpha value is -1.20. The van der Waals surface area contributed by atoms with E-state index in [4.69, 9.17) is 28.9 Å². The summed E-state index contributed by atoms with van der Waals surface area (Å²) in [6, 6.07) is 2.16. The number of anilines is 1. The van der Waals surface area contributed by atoms with Crippen LogP contribution < -0.4 is 11.1 Å². The van der Waals surface area contributed by atoms with E-state index in [0.29, 0.717) is 18.8 Å². The molecule has 1 saturated heterocycles. The molecule has 3 N–H and O–H groups in total. The lowest BCUT2D eigenvalue weighted by Crippen LogP contribution is -2.44. The lowest BCUT2D eigenvalue weighted by Gasteiger charge is -2.32. The molecule has 0 aromatic heterocycles. The number of rotatable bonds is 2. The molecule has 1 fully saturated rings. The molecule has 1 heterocycles. The van der Waals surface area contributed by atoms with E-state index in [2.05, 4.69) is 5.32 Å². The van der Waals surface area contributed by atoms with Crippen LogP contribution in [0.3, 0.4) is 0 Å². The fraction of sp³-hybridized carbons (Fsp3) is 0.417. The standard InChI is InChI=1S/C12H14Cl2FN3O/c13-9-5-7(15)6-10(14)11(9)17-8-1-3-18(4-2-8)12(16)19/h5-6,8,17H,1-4H2,(H2,16,19). The van der Waals surface area contributed by atoms with Crippen molar-refractivity contribution in [2.45, 2.75) is 18.9 Å². The second kappa shape index (κ2) is 5.84. The predicted molar refractivity (Wildman–Crippen MR) is 74.2 cm³/mol. The van der Waals surface area contributed by atoms with Crippen LogP contribution >= 0.6 is 23.2 Å². The van der Waals surface area contributed by atoms with E-state index in [1.165, 1.54) is 12.1 Å². The Morgan fingerprint density at radius 3 is 2.32 bits per heavy atom. The zero-order valence-corrected chi connectivity index (χ0v) is 11.6. The topological polar surface area (TPSA) is 58.4 Å². The Morgan fingerprint density at radius 2 is 1.84 bits per heavy atom. The van der Waals surface area contributed by atoms with E-state index in [0.717, 1.165) is 12.8 Å². The third-order valence-electron chi connectivity index (χ3n) is 3.16. The van der Waals surface area contributed by atoms with Crippen LogP contribution in [0.4, 0.5) is 14.9 Å². The summed E-state index contributed by atoms with van der Waals surface area (Å²) in [5, 5.41) is 3.70. The largest absolute Gasteiger partial charge is 0.380 e. The summed E-state index contributed by atoms with van der Waals surface area (Å²) in [5.41, 5.74) is 5.74. The van der Waals surface area contributed by atoms with Crippen molar-refractivity contribution in [1.29, 1.82) is 0 Å². The molecule has 7 heteroatoms. The number of nitrogens with two attached hydrogens (primary N) is 1. The minimum atomic E-state index is -0.468. The van der Waals surface area contributed by atoms with Gasteiger partial charge in [-0.15, -0.1) is 0 Å². The fourth-order valence-corrected chi connectivity index (χ4v) is 2.70. The number of hydrogen-bond acceptors (Lipinski definition) is 2. The molecule has 0 atom stereocenters. The highest BCUT2D eigenvalue weighted by Crippen LogP contribution is 2.32. The van der Waals surface area contributed by atoms with Crippen LogP contribution in [0.25, 0.3) is 0 Å². The maximum Gasteiger partial charge on any atom is 0.314 e. The minimum absolute atomic E-state index is 0.135. The number of halogens is 3. The van der Waals surface area contributed by atoms with E-state index in [1.807, 2.05) is 0 Å². The molecule has 0 spiro atoms. The highest BCUT2D eigenvalue weighted by Gasteiger charge is 2.22. The van der Waals surface area contributed by atoms with Gasteiger partial charge in [0.05, 0.1) is 15.7 Å². The van der Waals surface area contributed by atoms with Crippen LogP contribution in [-0.4, -0.2) is 30.1 Å². The first-order valence-corrected chi connectivity index (χ1v) is 6.68. The molecule has 0 bridgehead atoms. The van der Waals surface area contributed by atoms with Gasteiger partial charge in [0.25, 0.3) is 0 Å². The Bertz CT molecular complexity index is 467. The zero-order valence-electron chi connectivity index (χ0n) is 10.1. The van der Waals surface area contributed by atoms with Crippen LogP contribution in [0.15, 0.2) is 12.1 Å². The highest BCUT2D eigenvalue weighted by atomic mass is 35.5. The first-order valence-electron chi connectivity index (χ1n) is 5.93. The molecule has 1 aromatic carbocycles. The minimum Gasteiger partial charge on any atom is -0.380 e. The second-order valence-corrected chi connectivity index (χ2v) is 5.30. The fourth-order valence-electron chi connectivity index (χ4n) is 2.13. The quantitative estimate of drug-likeness (QED) is 0.882. The Morgan fingerprint density at radius 1 is 1.32 bits per heavy atom. The number of nitrogens with one attached hydrogen (secondary N) is 1. The summed E-state index contributed by atoms with van der Waals surface area (Å²) in [7, 11) is 0. The average Bonchev–Trinajstić information content (AvgIpc) is 2.34. The van der Waals surface area contributed by atoms with Gasteiger partial charge in [0, 0.05) is 19.1 Å². The van der Waals surface area contributed by atoms with Gasteiger partial charge < -0.3 is 16.0 Å². The van der Waals surface area contributed by atoms with Crippen molar-refractivity contribution in [3.8, 4) is 0 Å². The Kier molecular flexibility index (Phi) is 4.37. The summed E-state index contributed by atoms with van der Waals surface area (Å²) >= 11 is 11.9. The number of nitrogens with zero attached hydrogens (tertiary/aromatic N) is 1. The summed E-state index contributed by atoms with van der Waals surface area (Å²) in [6.07, 6.45) is 1.49. The van der Waals surface area contributed by atoms with E-state index in [-0.39, 0.29) is 16.1 Å². The zero-order chi connectivity index (χ0) is 14.0. The molecule has 0 radical (unpaired) electrons. The molecular weight excluding hydrogens is 292 g/mol. The van der Waals surface area contributed by atoms with Crippen molar-refractivity contribution in [1.82, 2.24) is 4.90 Å². The van der Waals surface area contributed by atoms with Gasteiger partial charge in [0.15, 0.2) is 0 Å². The number of benzene rings is 1. The number of urea groups is 1. The molecular formula is C12H14Cl2FN3O. The van der Waals surface area contributed by atoms with E-state index < -0.39 is 11.8 Å². The number of primary amides is 1. The number of amides is 2. The summed E-state index contributed by atoms with van der Waals surface area (Å²) in [6.45, 7) is 1.17. The molecule has 0 saturated carbocycles. The number of carbonyl (C=O) groups is 1. The Labute approximate surface area is 120 Å². The SMILES string of the molecule is NC(=O)N1CCC(Nc2c(Cl)cc(F)cc2Cl)CC1. The van der Waals surface area contributed by atoms with Gasteiger partial charge in [-0.05, 0) is 25.0 Å². The van der Waals surface area contributed by atoms with Crippen molar-refractivity contribution >= 4 is 34.9 Å². The summed E-state index contributed by atoms with van der Waals surface area (Å²) in [5.74, 6) is -0.468. The van der Waals surface area contributed by atoms with Gasteiger partial charge in [0.1, 0.15) is 5.82 Å². The van der Waals surface area contributed by atoms with Gasteiger partial charge in [-0.25, -0.2) is 9.18 Å². The molecule has 1 aliphatic rings. The van der Waals surface area contributed by atoms with Crippen molar-refractivity contribution in [2.75, 3.05) is 18.4 Å². The molecule has 1 aromatic rings. The molecule has 0 aliphatic carbocycles. The molecule has 2 rings (SSSR count). The van der Waals surface area contributed by atoms with Crippen LogP contribution in [-0.2, 0) is 0 Å². The average molecular weight is 306 g/mol. The monoisotopic (exact) mass is 305 g/mol. The van der Waals surface area contributed by atoms with Gasteiger partial charge in [0.2, 0.25) is 0 Å². The highest BCUT2D eigenvalue weighted by molar-refractivity contribution is 6.39. The van der Waals surface area contributed by atoms with Gasteiger partial charge in [-0.2, -0.15) is 0 Å². The number of hydrogen-bond donors (Lipinski definition) is 2. The third-order valence-corrected chi connectivity index (χ3v) is 3.76. The van der Waals surface area contributed by atoms with Crippen LogP contribution in [0.1, 0.15) is 12.8 Å². The van der Waals surface area contributed by atoms with Crippen LogP contribution in [0.5, 0.6) is 0 Å². The lowest BCUT2D eigenvalue weighted by atomic mass is 10.0.